The second-order valence-corrected chi connectivity index (χ2v) is 5.04. The molecule has 0 aromatic heterocycles. The lowest BCUT2D eigenvalue weighted by Crippen LogP contribution is -2.51. The summed E-state index contributed by atoms with van der Waals surface area (Å²) >= 11 is 0. The third-order valence-corrected chi connectivity index (χ3v) is 3.75. The van der Waals surface area contributed by atoms with E-state index in [4.69, 9.17) is 5.73 Å². The van der Waals surface area contributed by atoms with Crippen molar-refractivity contribution >= 4 is 0 Å². The van der Waals surface area contributed by atoms with Gasteiger partial charge in [-0.2, -0.15) is 0 Å². The standard InChI is InChI=1S/C14H28N2/c1-2-3-9-12-16-14(13-15)10-7-5-4-6-8-11-14/h2-3,16H,4-13,15H2,1H3/b3-2+. The van der Waals surface area contributed by atoms with Gasteiger partial charge in [-0.05, 0) is 32.7 Å². The van der Waals surface area contributed by atoms with Crippen molar-refractivity contribution in [3.8, 4) is 0 Å². The van der Waals surface area contributed by atoms with Crippen LogP contribution >= 0.6 is 0 Å². The van der Waals surface area contributed by atoms with Crippen LogP contribution in [0.4, 0.5) is 0 Å². The second kappa shape index (κ2) is 7.86. The van der Waals surface area contributed by atoms with Crippen LogP contribution in [-0.2, 0) is 0 Å². The minimum atomic E-state index is 0.238. The van der Waals surface area contributed by atoms with Gasteiger partial charge in [0.2, 0.25) is 0 Å². The summed E-state index contributed by atoms with van der Waals surface area (Å²) in [6.07, 6.45) is 14.9. The fraction of sp³-hybridized carbons (Fsp3) is 0.857. The van der Waals surface area contributed by atoms with Crippen molar-refractivity contribution in [2.75, 3.05) is 13.1 Å². The van der Waals surface area contributed by atoms with E-state index in [2.05, 4.69) is 24.4 Å². The summed E-state index contributed by atoms with van der Waals surface area (Å²) < 4.78 is 0. The number of nitrogens with one attached hydrogen (secondary N) is 1. The topological polar surface area (TPSA) is 38.0 Å². The third kappa shape index (κ3) is 4.67. The van der Waals surface area contributed by atoms with E-state index < -0.39 is 0 Å². The zero-order valence-electron chi connectivity index (χ0n) is 10.8. The van der Waals surface area contributed by atoms with Gasteiger partial charge >= 0.3 is 0 Å². The van der Waals surface area contributed by atoms with Gasteiger partial charge in [-0.15, -0.1) is 0 Å². The molecule has 2 nitrogen and oxygen atoms in total. The van der Waals surface area contributed by atoms with E-state index in [0.717, 1.165) is 19.5 Å². The smallest absolute Gasteiger partial charge is 0.0304 e. The Kier molecular flexibility index (Phi) is 6.74. The van der Waals surface area contributed by atoms with Gasteiger partial charge in [0, 0.05) is 12.1 Å². The Labute approximate surface area is 101 Å². The average molecular weight is 224 g/mol. The Morgan fingerprint density at radius 3 is 2.31 bits per heavy atom. The van der Waals surface area contributed by atoms with Crippen LogP contribution in [0.5, 0.6) is 0 Å². The molecule has 1 saturated carbocycles. The molecule has 0 bridgehead atoms. The zero-order valence-corrected chi connectivity index (χ0v) is 10.8. The molecule has 0 aromatic carbocycles. The Hall–Kier alpha value is -0.340. The molecule has 0 atom stereocenters. The number of hydrogen-bond acceptors (Lipinski definition) is 2. The largest absolute Gasteiger partial charge is 0.329 e. The van der Waals surface area contributed by atoms with Gasteiger partial charge in [0.1, 0.15) is 0 Å². The SMILES string of the molecule is C/C=C/CCNC1(CN)CCCCCCC1. The molecule has 1 aliphatic carbocycles. The maximum atomic E-state index is 5.99. The van der Waals surface area contributed by atoms with Gasteiger partial charge in [-0.3, -0.25) is 0 Å². The van der Waals surface area contributed by atoms with E-state index in [-0.39, 0.29) is 5.54 Å². The molecular formula is C14H28N2. The maximum Gasteiger partial charge on any atom is 0.0304 e. The van der Waals surface area contributed by atoms with Crippen LogP contribution in [0, 0.1) is 0 Å². The van der Waals surface area contributed by atoms with Crippen molar-refractivity contribution in [1.29, 1.82) is 0 Å². The predicted octanol–water partition coefficient (Wildman–Crippen LogP) is 2.98. The first kappa shape index (κ1) is 13.7. The highest BCUT2D eigenvalue weighted by Gasteiger charge is 2.27. The number of nitrogens with two attached hydrogens (primary N) is 1. The van der Waals surface area contributed by atoms with E-state index in [1.807, 2.05) is 0 Å². The molecule has 2 heteroatoms. The first-order valence-electron chi connectivity index (χ1n) is 6.89. The summed E-state index contributed by atoms with van der Waals surface area (Å²) in [6.45, 7) is 3.94. The highest BCUT2D eigenvalue weighted by Crippen LogP contribution is 2.25. The molecule has 16 heavy (non-hydrogen) atoms. The van der Waals surface area contributed by atoms with Gasteiger partial charge in [0.25, 0.3) is 0 Å². The summed E-state index contributed by atoms with van der Waals surface area (Å²) in [5.74, 6) is 0. The molecule has 94 valence electrons. The minimum Gasteiger partial charge on any atom is -0.329 e. The van der Waals surface area contributed by atoms with Crippen LogP contribution in [0.3, 0.4) is 0 Å². The molecule has 0 aliphatic heterocycles. The molecule has 0 unspecified atom stereocenters. The van der Waals surface area contributed by atoms with E-state index in [1.165, 1.54) is 44.9 Å². The van der Waals surface area contributed by atoms with Crippen molar-refractivity contribution in [3.63, 3.8) is 0 Å². The highest BCUT2D eigenvalue weighted by molar-refractivity contribution is 4.91. The molecule has 1 aliphatic rings. The number of hydrogen-bond donors (Lipinski definition) is 2. The summed E-state index contributed by atoms with van der Waals surface area (Å²) in [5.41, 5.74) is 6.23. The fourth-order valence-electron chi connectivity index (χ4n) is 2.62. The second-order valence-electron chi connectivity index (χ2n) is 5.04. The van der Waals surface area contributed by atoms with Crippen molar-refractivity contribution < 1.29 is 0 Å². The lowest BCUT2D eigenvalue weighted by Gasteiger charge is -2.35. The predicted molar refractivity (Wildman–Crippen MR) is 71.5 cm³/mol. The molecule has 0 amide bonds. The Balaban J connectivity index is 2.38. The summed E-state index contributed by atoms with van der Waals surface area (Å²) in [7, 11) is 0. The van der Waals surface area contributed by atoms with Crippen LogP contribution in [0.2, 0.25) is 0 Å². The highest BCUT2D eigenvalue weighted by atomic mass is 15.0. The van der Waals surface area contributed by atoms with Crippen molar-refractivity contribution in [1.82, 2.24) is 5.32 Å². The van der Waals surface area contributed by atoms with Gasteiger partial charge in [-0.1, -0.05) is 44.3 Å². The number of rotatable bonds is 5. The van der Waals surface area contributed by atoms with Gasteiger partial charge < -0.3 is 11.1 Å². The van der Waals surface area contributed by atoms with Crippen molar-refractivity contribution in [3.05, 3.63) is 12.2 Å². The van der Waals surface area contributed by atoms with Gasteiger partial charge in [0.05, 0.1) is 0 Å². The number of allylic oxidation sites excluding steroid dienone is 1. The molecule has 1 rings (SSSR count). The van der Waals surface area contributed by atoms with Crippen LogP contribution < -0.4 is 11.1 Å². The quantitative estimate of drug-likeness (QED) is 0.556. The summed E-state index contributed by atoms with van der Waals surface area (Å²) in [6, 6.07) is 0. The lowest BCUT2D eigenvalue weighted by molar-refractivity contribution is 0.259. The van der Waals surface area contributed by atoms with Crippen molar-refractivity contribution in [2.45, 2.75) is 63.8 Å². The molecule has 0 spiro atoms. The van der Waals surface area contributed by atoms with Crippen LogP contribution in [0.15, 0.2) is 12.2 Å². The van der Waals surface area contributed by atoms with E-state index >= 15 is 0 Å². The molecule has 3 N–H and O–H groups in total. The Morgan fingerprint density at radius 1 is 1.12 bits per heavy atom. The third-order valence-electron chi connectivity index (χ3n) is 3.75. The van der Waals surface area contributed by atoms with Crippen LogP contribution in [0.1, 0.15) is 58.3 Å². The van der Waals surface area contributed by atoms with E-state index in [0.29, 0.717) is 0 Å². The molecule has 0 heterocycles. The first-order valence-corrected chi connectivity index (χ1v) is 6.89. The Morgan fingerprint density at radius 2 is 1.75 bits per heavy atom. The monoisotopic (exact) mass is 224 g/mol. The summed E-state index contributed by atoms with van der Waals surface area (Å²) in [4.78, 5) is 0. The summed E-state index contributed by atoms with van der Waals surface area (Å²) in [5, 5.41) is 3.71. The molecule has 0 radical (unpaired) electrons. The molecule has 1 fully saturated rings. The average Bonchev–Trinajstić information content (AvgIpc) is 2.27. The normalized spacial score (nSPS) is 21.9. The molecule has 0 saturated heterocycles. The fourth-order valence-corrected chi connectivity index (χ4v) is 2.62. The lowest BCUT2D eigenvalue weighted by atomic mass is 9.84. The molecular weight excluding hydrogens is 196 g/mol. The first-order chi connectivity index (χ1) is 7.83. The van der Waals surface area contributed by atoms with Crippen molar-refractivity contribution in [2.24, 2.45) is 5.73 Å². The zero-order chi connectivity index (χ0) is 11.7. The van der Waals surface area contributed by atoms with Gasteiger partial charge in [-0.25, -0.2) is 0 Å². The van der Waals surface area contributed by atoms with E-state index in [1.54, 1.807) is 0 Å². The minimum absolute atomic E-state index is 0.238. The maximum absolute atomic E-state index is 5.99. The molecule has 0 aromatic rings. The Bertz CT molecular complexity index is 191. The van der Waals surface area contributed by atoms with Gasteiger partial charge in [0.15, 0.2) is 0 Å². The van der Waals surface area contributed by atoms with E-state index in [9.17, 15) is 0 Å². The van der Waals surface area contributed by atoms with Crippen LogP contribution in [-0.4, -0.2) is 18.6 Å². The van der Waals surface area contributed by atoms with Crippen LogP contribution in [0.25, 0.3) is 0 Å².